The summed E-state index contributed by atoms with van der Waals surface area (Å²) < 4.78 is 15.0. The molecule has 0 saturated carbocycles. The van der Waals surface area contributed by atoms with E-state index in [0.29, 0.717) is 25.3 Å². The Bertz CT molecular complexity index is 1260. The maximum atomic E-state index is 12.4. The van der Waals surface area contributed by atoms with Gasteiger partial charge in [0, 0.05) is 37.5 Å². The van der Waals surface area contributed by atoms with Gasteiger partial charge in [-0.05, 0) is 56.9 Å². The number of nitrogens with zero attached hydrogens (tertiary/aromatic N) is 3. The van der Waals surface area contributed by atoms with E-state index in [1.165, 1.54) is 0 Å². The largest absolute Gasteiger partial charge is 0.464 e. The Hall–Kier alpha value is -3.01. The SMILES string of the molecule is CCCCOC(=O)C(NCc1ccc2c(c1)nc(-c1cc(C)c(=O)n(C)c1)n2CC1CCCO1)C(C)O. The van der Waals surface area contributed by atoms with Crippen LogP contribution in [0, 0.1) is 6.92 Å². The maximum absolute atomic E-state index is 12.4. The number of carbonyl (C=O) groups excluding carboxylic acids is 1. The first-order valence-corrected chi connectivity index (χ1v) is 13.1. The predicted molar refractivity (Wildman–Crippen MR) is 142 cm³/mol. The van der Waals surface area contributed by atoms with Gasteiger partial charge < -0.3 is 23.7 Å². The van der Waals surface area contributed by atoms with Gasteiger partial charge in [0.2, 0.25) is 0 Å². The third-order valence-corrected chi connectivity index (χ3v) is 6.85. The van der Waals surface area contributed by atoms with E-state index < -0.39 is 18.1 Å². The van der Waals surface area contributed by atoms with E-state index in [1.54, 1.807) is 18.5 Å². The number of unbranched alkanes of at least 4 members (excludes halogenated alkanes) is 1. The normalized spacial score (nSPS) is 17.3. The first-order valence-electron chi connectivity index (χ1n) is 13.1. The Morgan fingerprint density at radius 1 is 1.35 bits per heavy atom. The number of aromatic nitrogens is 3. The van der Waals surface area contributed by atoms with E-state index in [1.807, 2.05) is 44.3 Å². The molecule has 0 aliphatic carbocycles. The van der Waals surface area contributed by atoms with E-state index in [0.717, 1.165) is 60.3 Å². The summed E-state index contributed by atoms with van der Waals surface area (Å²) in [4.78, 5) is 29.7. The van der Waals surface area contributed by atoms with Crippen LogP contribution in [0.15, 0.2) is 35.3 Å². The number of carbonyl (C=O) groups is 1. The molecule has 37 heavy (non-hydrogen) atoms. The second-order valence-electron chi connectivity index (χ2n) is 9.95. The van der Waals surface area contributed by atoms with Crippen molar-refractivity contribution in [1.29, 1.82) is 0 Å². The topological polar surface area (TPSA) is 108 Å². The Morgan fingerprint density at radius 3 is 2.84 bits per heavy atom. The van der Waals surface area contributed by atoms with Crippen molar-refractivity contribution in [3.05, 3.63) is 51.9 Å². The first-order chi connectivity index (χ1) is 17.8. The average Bonchev–Trinajstić information content (AvgIpc) is 3.50. The minimum atomic E-state index is -0.886. The third-order valence-electron chi connectivity index (χ3n) is 6.85. The number of nitrogens with one attached hydrogen (secondary N) is 1. The van der Waals surface area contributed by atoms with Crippen molar-refractivity contribution in [3.8, 4) is 11.4 Å². The average molecular weight is 511 g/mol. The maximum Gasteiger partial charge on any atom is 0.325 e. The van der Waals surface area contributed by atoms with Crippen LogP contribution in [-0.2, 0) is 34.4 Å². The van der Waals surface area contributed by atoms with Gasteiger partial charge in [0.05, 0.1) is 36.4 Å². The number of fused-ring (bicyclic) bond motifs is 1. The number of aliphatic hydroxyl groups excluding tert-OH is 1. The molecule has 0 amide bonds. The number of ether oxygens (including phenoxy) is 2. The molecule has 3 heterocycles. The molecule has 4 rings (SSSR count). The molecule has 1 saturated heterocycles. The van der Waals surface area contributed by atoms with Crippen LogP contribution >= 0.6 is 0 Å². The summed E-state index contributed by atoms with van der Waals surface area (Å²) in [5.74, 6) is 0.341. The van der Waals surface area contributed by atoms with E-state index >= 15 is 0 Å². The van der Waals surface area contributed by atoms with Crippen LogP contribution < -0.4 is 10.9 Å². The van der Waals surface area contributed by atoms with Crippen LogP contribution in [0.1, 0.15) is 50.7 Å². The van der Waals surface area contributed by atoms with Crippen LogP contribution in [0.25, 0.3) is 22.4 Å². The molecule has 9 heteroatoms. The molecule has 0 radical (unpaired) electrons. The summed E-state index contributed by atoms with van der Waals surface area (Å²) in [6.07, 6.45) is 4.83. The smallest absolute Gasteiger partial charge is 0.325 e. The van der Waals surface area contributed by atoms with Gasteiger partial charge in [0.1, 0.15) is 11.9 Å². The highest BCUT2D eigenvalue weighted by Crippen LogP contribution is 2.28. The molecule has 200 valence electrons. The molecule has 9 nitrogen and oxygen atoms in total. The molecule has 1 aliphatic heterocycles. The third kappa shape index (κ3) is 6.29. The molecule has 2 N–H and O–H groups in total. The minimum absolute atomic E-state index is 0.0280. The summed E-state index contributed by atoms with van der Waals surface area (Å²) in [6, 6.07) is 7.10. The first kappa shape index (κ1) is 27.0. The van der Waals surface area contributed by atoms with Crippen LogP contribution in [0.3, 0.4) is 0 Å². The number of aryl methyl sites for hydroxylation is 2. The van der Waals surface area contributed by atoms with E-state index in [2.05, 4.69) is 9.88 Å². The van der Waals surface area contributed by atoms with Crippen molar-refractivity contribution in [2.45, 2.75) is 77.8 Å². The Morgan fingerprint density at radius 2 is 2.16 bits per heavy atom. The second-order valence-corrected chi connectivity index (χ2v) is 9.95. The number of hydrogen-bond donors (Lipinski definition) is 2. The van der Waals surface area contributed by atoms with Gasteiger partial charge in [-0.25, -0.2) is 4.98 Å². The fourth-order valence-corrected chi connectivity index (χ4v) is 4.77. The standard InChI is InChI=1S/C28H38N4O5/c1-5-6-11-37-28(35)25(19(3)33)29-15-20-9-10-24-23(14-20)30-26(32(24)17-22-8-7-12-36-22)21-13-18(2)27(34)31(4)16-21/h9-10,13-14,16,19,22,25,29,33H,5-8,11-12,15,17H2,1-4H3. The molecule has 1 aromatic carbocycles. The molecule has 2 aromatic heterocycles. The van der Waals surface area contributed by atoms with E-state index in [4.69, 9.17) is 14.5 Å². The lowest BCUT2D eigenvalue weighted by Gasteiger charge is -2.20. The summed E-state index contributed by atoms with van der Waals surface area (Å²) >= 11 is 0. The quantitative estimate of drug-likeness (QED) is 0.302. The highest BCUT2D eigenvalue weighted by Gasteiger charge is 2.25. The van der Waals surface area contributed by atoms with E-state index in [-0.39, 0.29) is 11.7 Å². The molecule has 0 bridgehead atoms. The second kappa shape index (κ2) is 12.0. The zero-order valence-corrected chi connectivity index (χ0v) is 22.2. The van der Waals surface area contributed by atoms with Crippen LogP contribution in [0.5, 0.6) is 0 Å². The molecule has 1 aliphatic rings. The fourth-order valence-electron chi connectivity index (χ4n) is 4.77. The number of pyridine rings is 1. The highest BCUT2D eigenvalue weighted by molar-refractivity contribution is 5.81. The van der Waals surface area contributed by atoms with Crippen molar-refractivity contribution in [2.24, 2.45) is 7.05 Å². The van der Waals surface area contributed by atoms with Gasteiger partial charge in [-0.15, -0.1) is 0 Å². The van der Waals surface area contributed by atoms with Crippen molar-refractivity contribution < 1.29 is 19.4 Å². The Kier molecular flexibility index (Phi) is 8.79. The zero-order chi connectivity index (χ0) is 26.5. The molecule has 3 atom stereocenters. The molecular weight excluding hydrogens is 472 g/mol. The highest BCUT2D eigenvalue weighted by atomic mass is 16.5. The van der Waals surface area contributed by atoms with E-state index in [9.17, 15) is 14.7 Å². The van der Waals surface area contributed by atoms with Gasteiger partial charge in [-0.1, -0.05) is 19.4 Å². The molecular formula is C28H38N4O5. The van der Waals surface area contributed by atoms with Crippen molar-refractivity contribution in [3.63, 3.8) is 0 Å². The Balaban J connectivity index is 1.62. The number of imidazole rings is 1. The molecule has 3 aromatic rings. The molecule has 1 fully saturated rings. The number of rotatable bonds is 11. The number of aliphatic hydroxyl groups is 1. The lowest BCUT2D eigenvalue weighted by Crippen LogP contribution is -2.45. The van der Waals surface area contributed by atoms with Gasteiger partial charge in [-0.3, -0.25) is 14.9 Å². The van der Waals surface area contributed by atoms with Crippen molar-refractivity contribution in [2.75, 3.05) is 13.2 Å². The monoisotopic (exact) mass is 510 g/mol. The number of benzene rings is 1. The lowest BCUT2D eigenvalue weighted by molar-refractivity contribution is -0.149. The van der Waals surface area contributed by atoms with Gasteiger partial charge >= 0.3 is 5.97 Å². The summed E-state index contributed by atoms with van der Waals surface area (Å²) in [6.45, 7) is 7.60. The fraction of sp³-hybridized carbons (Fsp3) is 0.536. The lowest BCUT2D eigenvalue weighted by atomic mass is 10.1. The van der Waals surface area contributed by atoms with Crippen molar-refractivity contribution in [1.82, 2.24) is 19.4 Å². The number of hydrogen-bond acceptors (Lipinski definition) is 7. The van der Waals surface area contributed by atoms with Gasteiger partial charge in [-0.2, -0.15) is 0 Å². The number of esters is 1. The van der Waals surface area contributed by atoms with Crippen LogP contribution in [0.2, 0.25) is 0 Å². The predicted octanol–water partition coefficient (Wildman–Crippen LogP) is 3.07. The van der Waals surface area contributed by atoms with Crippen molar-refractivity contribution >= 4 is 17.0 Å². The summed E-state index contributed by atoms with van der Waals surface area (Å²) in [7, 11) is 1.75. The van der Waals surface area contributed by atoms with Gasteiger partial charge in [0.15, 0.2) is 0 Å². The summed E-state index contributed by atoms with van der Waals surface area (Å²) in [5.41, 5.74) is 4.24. The minimum Gasteiger partial charge on any atom is -0.464 e. The zero-order valence-electron chi connectivity index (χ0n) is 22.2. The van der Waals surface area contributed by atoms with Crippen LogP contribution in [-0.4, -0.2) is 56.7 Å². The van der Waals surface area contributed by atoms with Gasteiger partial charge in [0.25, 0.3) is 5.56 Å². The molecule has 0 spiro atoms. The van der Waals surface area contributed by atoms with Crippen LogP contribution in [0.4, 0.5) is 0 Å². The Labute approximate surface area is 217 Å². The molecule has 3 unspecified atom stereocenters. The summed E-state index contributed by atoms with van der Waals surface area (Å²) in [5, 5.41) is 13.3.